The van der Waals surface area contributed by atoms with Crippen molar-refractivity contribution in [3.8, 4) is 0 Å². The van der Waals surface area contributed by atoms with Gasteiger partial charge in [0.1, 0.15) is 5.82 Å². The molecule has 0 aliphatic heterocycles. The number of nitrogens with zero attached hydrogens (tertiary/aromatic N) is 2. The molecule has 0 bridgehead atoms. The average molecular weight is 472 g/mol. The van der Waals surface area contributed by atoms with Gasteiger partial charge in [-0.2, -0.15) is 0 Å². The van der Waals surface area contributed by atoms with Gasteiger partial charge in [-0.05, 0) is 48.7 Å². The molecule has 4 aromatic rings. The van der Waals surface area contributed by atoms with Crippen LogP contribution in [0, 0.1) is 12.7 Å². The lowest BCUT2D eigenvalue weighted by atomic mass is 10.1. The Hall–Kier alpha value is -4.26. The van der Waals surface area contributed by atoms with Crippen LogP contribution in [0.4, 0.5) is 4.39 Å². The minimum atomic E-state index is -0.412. The third-order valence-electron chi connectivity index (χ3n) is 5.60. The van der Waals surface area contributed by atoms with Crippen molar-refractivity contribution in [2.75, 3.05) is 6.54 Å². The number of hydrogen-bond donors (Lipinski definition) is 1. The van der Waals surface area contributed by atoms with Gasteiger partial charge in [0, 0.05) is 24.7 Å². The van der Waals surface area contributed by atoms with E-state index in [9.17, 15) is 14.0 Å². The lowest BCUT2D eigenvalue weighted by Crippen LogP contribution is -2.32. The fraction of sp³-hybridized carbons (Fsp3) is 0.179. The number of halogens is 1. The Morgan fingerprint density at radius 1 is 0.943 bits per heavy atom. The molecule has 6 nitrogen and oxygen atoms in total. The minimum absolute atomic E-state index is 0.118. The average Bonchev–Trinajstić information content (AvgIpc) is 3.35. The maximum Gasteiger partial charge on any atom is 0.273 e. The summed E-state index contributed by atoms with van der Waals surface area (Å²) in [5.41, 5.74) is 3.66. The van der Waals surface area contributed by atoms with Gasteiger partial charge >= 0.3 is 0 Å². The molecular weight excluding hydrogens is 445 g/mol. The van der Waals surface area contributed by atoms with Gasteiger partial charge in [-0.3, -0.25) is 9.59 Å². The maximum absolute atomic E-state index is 13.3. The van der Waals surface area contributed by atoms with Crippen LogP contribution in [0.5, 0.6) is 0 Å². The van der Waals surface area contributed by atoms with Crippen LogP contribution in [0.1, 0.15) is 43.3 Å². The largest absolute Gasteiger partial charge is 0.359 e. The summed E-state index contributed by atoms with van der Waals surface area (Å²) < 4.78 is 18.4. The Morgan fingerprint density at radius 3 is 2.37 bits per heavy atom. The van der Waals surface area contributed by atoms with E-state index in [0.29, 0.717) is 24.3 Å². The second-order valence-corrected chi connectivity index (χ2v) is 8.32. The van der Waals surface area contributed by atoms with Crippen molar-refractivity contribution in [1.82, 2.24) is 15.4 Å². The number of aryl methyl sites for hydroxylation is 1. The molecule has 2 amide bonds. The van der Waals surface area contributed by atoms with Gasteiger partial charge in [0.25, 0.3) is 11.8 Å². The molecular formula is C28H26FN3O3. The standard InChI is InChI=1S/C28H26FN3O3/c1-20-7-11-23(12-8-20)28(34)32(16-15-21-5-3-2-4-6-21)19-25-17-26(31-35-25)27(33)30-18-22-9-13-24(29)14-10-22/h2-14,17H,15-16,18-19H2,1H3,(H,30,33). The smallest absolute Gasteiger partial charge is 0.273 e. The zero-order valence-electron chi connectivity index (χ0n) is 19.4. The summed E-state index contributed by atoms with van der Waals surface area (Å²) in [5.74, 6) is -0.464. The quantitative estimate of drug-likeness (QED) is 0.375. The molecule has 0 spiro atoms. The van der Waals surface area contributed by atoms with Gasteiger partial charge in [-0.15, -0.1) is 0 Å². The molecule has 0 aliphatic rings. The molecule has 0 radical (unpaired) electrons. The van der Waals surface area contributed by atoms with E-state index < -0.39 is 5.91 Å². The monoisotopic (exact) mass is 471 g/mol. The van der Waals surface area contributed by atoms with Crippen LogP contribution >= 0.6 is 0 Å². The maximum atomic E-state index is 13.3. The van der Waals surface area contributed by atoms with Crippen molar-refractivity contribution < 1.29 is 18.5 Å². The second-order valence-electron chi connectivity index (χ2n) is 8.32. The lowest BCUT2D eigenvalue weighted by molar-refractivity contribution is 0.0729. The molecule has 0 saturated heterocycles. The van der Waals surface area contributed by atoms with E-state index in [1.54, 1.807) is 17.0 Å². The van der Waals surface area contributed by atoms with Crippen molar-refractivity contribution in [3.05, 3.63) is 124 Å². The van der Waals surface area contributed by atoms with Gasteiger partial charge in [0.2, 0.25) is 0 Å². The van der Waals surface area contributed by atoms with Gasteiger partial charge < -0.3 is 14.7 Å². The second kappa shape index (κ2) is 11.2. The van der Waals surface area contributed by atoms with Gasteiger partial charge in [-0.1, -0.05) is 65.3 Å². The fourth-order valence-corrected chi connectivity index (χ4v) is 3.60. The summed E-state index contributed by atoms with van der Waals surface area (Å²) >= 11 is 0. The van der Waals surface area contributed by atoms with Crippen LogP contribution in [0.2, 0.25) is 0 Å². The first-order chi connectivity index (χ1) is 17.0. The van der Waals surface area contributed by atoms with Crippen LogP contribution in [0.3, 0.4) is 0 Å². The van der Waals surface area contributed by atoms with Crippen LogP contribution in [0.15, 0.2) is 89.5 Å². The van der Waals surface area contributed by atoms with Crippen molar-refractivity contribution >= 4 is 11.8 Å². The zero-order valence-corrected chi connectivity index (χ0v) is 19.4. The van der Waals surface area contributed by atoms with Crippen molar-refractivity contribution in [3.63, 3.8) is 0 Å². The third-order valence-corrected chi connectivity index (χ3v) is 5.60. The Kier molecular flexibility index (Phi) is 7.67. The number of aromatic nitrogens is 1. The number of amides is 2. The van der Waals surface area contributed by atoms with Crippen LogP contribution in [-0.4, -0.2) is 28.4 Å². The SMILES string of the molecule is Cc1ccc(C(=O)N(CCc2ccccc2)Cc2cc(C(=O)NCc3ccc(F)cc3)no2)cc1. The molecule has 0 aliphatic carbocycles. The van der Waals surface area contributed by atoms with Crippen molar-refractivity contribution in [2.24, 2.45) is 0 Å². The molecule has 1 heterocycles. The predicted molar refractivity (Wildman–Crippen MR) is 130 cm³/mol. The molecule has 0 unspecified atom stereocenters. The fourth-order valence-electron chi connectivity index (χ4n) is 3.60. The van der Waals surface area contributed by atoms with Crippen molar-refractivity contribution in [1.29, 1.82) is 0 Å². The number of rotatable bonds is 9. The van der Waals surface area contributed by atoms with Crippen LogP contribution < -0.4 is 5.32 Å². The predicted octanol–water partition coefficient (Wildman–Crippen LogP) is 4.94. The van der Waals surface area contributed by atoms with E-state index in [4.69, 9.17) is 4.52 Å². The summed E-state index contributed by atoms with van der Waals surface area (Å²) in [4.78, 5) is 27.5. The number of benzene rings is 3. The van der Waals surface area contributed by atoms with E-state index in [-0.39, 0.29) is 30.5 Å². The van der Waals surface area contributed by atoms with E-state index in [1.807, 2.05) is 61.5 Å². The highest BCUT2D eigenvalue weighted by Crippen LogP contribution is 2.14. The summed E-state index contributed by atoms with van der Waals surface area (Å²) in [7, 11) is 0. The van der Waals surface area contributed by atoms with E-state index >= 15 is 0 Å². The minimum Gasteiger partial charge on any atom is -0.359 e. The third kappa shape index (κ3) is 6.63. The normalized spacial score (nSPS) is 10.7. The molecule has 0 saturated carbocycles. The molecule has 0 atom stereocenters. The molecule has 1 N–H and O–H groups in total. The summed E-state index contributed by atoms with van der Waals surface area (Å²) in [5, 5.41) is 6.61. The Morgan fingerprint density at radius 2 is 1.66 bits per heavy atom. The lowest BCUT2D eigenvalue weighted by Gasteiger charge is -2.21. The van der Waals surface area contributed by atoms with Crippen molar-refractivity contribution in [2.45, 2.75) is 26.4 Å². The molecule has 0 fully saturated rings. The molecule has 4 rings (SSSR count). The Labute approximate surface area is 203 Å². The molecule has 1 aromatic heterocycles. The van der Waals surface area contributed by atoms with Gasteiger partial charge in [-0.25, -0.2) is 4.39 Å². The number of hydrogen-bond acceptors (Lipinski definition) is 4. The molecule has 35 heavy (non-hydrogen) atoms. The van der Waals surface area contributed by atoms with Gasteiger partial charge in [0.15, 0.2) is 11.5 Å². The summed E-state index contributed by atoms with van der Waals surface area (Å²) in [6, 6.07) is 24.8. The number of carbonyl (C=O) groups excluding carboxylic acids is 2. The topological polar surface area (TPSA) is 75.4 Å². The highest BCUT2D eigenvalue weighted by molar-refractivity contribution is 5.94. The van der Waals surface area contributed by atoms with E-state index in [1.165, 1.54) is 18.2 Å². The van der Waals surface area contributed by atoms with Crippen LogP contribution in [-0.2, 0) is 19.5 Å². The molecule has 3 aromatic carbocycles. The van der Waals surface area contributed by atoms with Crippen LogP contribution in [0.25, 0.3) is 0 Å². The first-order valence-corrected chi connectivity index (χ1v) is 11.4. The highest BCUT2D eigenvalue weighted by Gasteiger charge is 2.20. The highest BCUT2D eigenvalue weighted by atomic mass is 19.1. The number of nitrogens with one attached hydrogen (secondary N) is 1. The molecule has 7 heteroatoms. The molecule has 178 valence electrons. The summed E-state index contributed by atoms with van der Waals surface area (Å²) in [6.45, 7) is 2.86. The van der Waals surface area contributed by atoms with E-state index in [0.717, 1.165) is 16.7 Å². The first kappa shape index (κ1) is 23.9. The van der Waals surface area contributed by atoms with E-state index in [2.05, 4.69) is 10.5 Å². The summed E-state index contributed by atoms with van der Waals surface area (Å²) in [6.07, 6.45) is 0.678. The van der Waals surface area contributed by atoms with Gasteiger partial charge in [0.05, 0.1) is 6.54 Å². The zero-order chi connectivity index (χ0) is 24.6. The number of carbonyl (C=O) groups is 2. The Bertz CT molecular complexity index is 1270. The first-order valence-electron chi connectivity index (χ1n) is 11.4. The Balaban J connectivity index is 1.43.